The lowest BCUT2D eigenvalue weighted by Crippen LogP contribution is -2.29. The van der Waals surface area contributed by atoms with Crippen molar-refractivity contribution in [2.45, 2.75) is 6.54 Å². The largest absolute Gasteiger partial charge is 0.545 e. The van der Waals surface area contributed by atoms with E-state index in [0.29, 0.717) is 0 Å². The summed E-state index contributed by atoms with van der Waals surface area (Å²) < 4.78 is 0. The molecule has 0 aromatic heterocycles. The Morgan fingerprint density at radius 1 is 0.952 bits per heavy atom. The molecule has 0 saturated carbocycles. The molecule has 21 heavy (non-hydrogen) atoms. The minimum atomic E-state index is -1.38. The molecule has 2 aromatic rings. The van der Waals surface area contributed by atoms with Crippen LogP contribution in [0.25, 0.3) is 0 Å². The fourth-order valence-electron chi connectivity index (χ4n) is 2.33. The van der Waals surface area contributed by atoms with Gasteiger partial charge in [-0.25, -0.2) is 0 Å². The van der Waals surface area contributed by atoms with Crippen LogP contribution in [0.4, 0.5) is 0 Å². The van der Waals surface area contributed by atoms with Gasteiger partial charge in [0.05, 0.1) is 23.6 Å². The molecule has 0 aliphatic carbocycles. The maximum atomic E-state index is 12.3. The van der Waals surface area contributed by atoms with E-state index in [0.717, 1.165) is 10.5 Å². The van der Waals surface area contributed by atoms with Gasteiger partial charge in [-0.2, -0.15) is 0 Å². The van der Waals surface area contributed by atoms with Crippen LogP contribution in [0.2, 0.25) is 0 Å². The SMILES string of the molecule is O=C([O-])c1ccc2c(c1)C(=O)N(Cc1ccccc1)C2=O. The fraction of sp³-hybridized carbons (Fsp3) is 0.0625. The number of hydrogen-bond donors (Lipinski definition) is 0. The number of rotatable bonds is 3. The number of benzene rings is 2. The van der Waals surface area contributed by atoms with Gasteiger partial charge in [-0.05, 0) is 23.3 Å². The summed E-state index contributed by atoms with van der Waals surface area (Å²) in [5.41, 5.74) is 1.04. The lowest BCUT2D eigenvalue weighted by Gasteiger charge is -2.13. The number of imide groups is 1. The lowest BCUT2D eigenvalue weighted by atomic mass is 10.1. The average Bonchev–Trinajstić information content (AvgIpc) is 2.73. The summed E-state index contributed by atoms with van der Waals surface area (Å²) in [6.07, 6.45) is 0. The van der Waals surface area contributed by atoms with Crippen molar-refractivity contribution in [1.29, 1.82) is 0 Å². The quantitative estimate of drug-likeness (QED) is 0.781. The Bertz CT molecular complexity index is 752. The third-order valence-corrected chi connectivity index (χ3v) is 3.39. The van der Waals surface area contributed by atoms with Crippen molar-refractivity contribution in [3.8, 4) is 0 Å². The maximum absolute atomic E-state index is 12.3. The number of carboxylic acids is 1. The van der Waals surface area contributed by atoms with E-state index < -0.39 is 17.8 Å². The van der Waals surface area contributed by atoms with Gasteiger partial charge in [0.15, 0.2) is 0 Å². The highest BCUT2D eigenvalue weighted by atomic mass is 16.4. The summed E-state index contributed by atoms with van der Waals surface area (Å²) >= 11 is 0. The molecule has 0 saturated heterocycles. The van der Waals surface area contributed by atoms with Crippen LogP contribution in [-0.2, 0) is 6.54 Å². The second-order valence-electron chi connectivity index (χ2n) is 4.73. The van der Waals surface area contributed by atoms with Crippen LogP contribution in [-0.4, -0.2) is 22.7 Å². The summed E-state index contributed by atoms with van der Waals surface area (Å²) in [6, 6.07) is 12.9. The zero-order valence-electron chi connectivity index (χ0n) is 10.9. The van der Waals surface area contributed by atoms with Crippen molar-refractivity contribution in [2.24, 2.45) is 0 Å². The molecule has 1 aliphatic rings. The van der Waals surface area contributed by atoms with E-state index in [1.165, 1.54) is 18.2 Å². The second kappa shape index (κ2) is 4.86. The molecule has 2 aromatic carbocycles. The third-order valence-electron chi connectivity index (χ3n) is 3.39. The predicted molar refractivity (Wildman–Crippen MR) is 71.4 cm³/mol. The molecule has 1 aliphatic heterocycles. The van der Waals surface area contributed by atoms with Crippen molar-refractivity contribution >= 4 is 17.8 Å². The first-order valence-corrected chi connectivity index (χ1v) is 6.33. The Hall–Kier alpha value is -2.95. The Morgan fingerprint density at radius 2 is 1.62 bits per heavy atom. The highest BCUT2D eigenvalue weighted by Crippen LogP contribution is 2.25. The maximum Gasteiger partial charge on any atom is 0.261 e. The number of amides is 2. The van der Waals surface area contributed by atoms with Crippen molar-refractivity contribution < 1.29 is 19.5 Å². The van der Waals surface area contributed by atoms with Crippen molar-refractivity contribution in [2.75, 3.05) is 0 Å². The van der Waals surface area contributed by atoms with E-state index in [-0.39, 0.29) is 23.2 Å². The predicted octanol–water partition coefficient (Wildman–Crippen LogP) is 0.846. The van der Waals surface area contributed by atoms with Gasteiger partial charge in [-0.1, -0.05) is 36.4 Å². The fourth-order valence-corrected chi connectivity index (χ4v) is 2.33. The van der Waals surface area contributed by atoms with Crippen LogP contribution in [0.15, 0.2) is 48.5 Å². The van der Waals surface area contributed by atoms with Gasteiger partial charge in [-0.15, -0.1) is 0 Å². The first kappa shape index (κ1) is 13.1. The molecule has 0 unspecified atom stereocenters. The molecule has 0 bridgehead atoms. The zero-order chi connectivity index (χ0) is 15.0. The number of carbonyl (C=O) groups excluding carboxylic acids is 3. The van der Waals surface area contributed by atoms with E-state index >= 15 is 0 Å². The van der Waals surface area contributed by atoms with Crippen LogP contribution >= 0.6 is 0 Å². The van der Waals surface area contributed by atoms with E-state index in [9.17, 15) is 19.5 Å². The molecular weight excluding hydrogens is 270 g/mol. The van der Waals surface area contributed by atoms with Gasteiger partial charge < -0.3 is 9.90 Å². The molecule has 2 amide bonds. The molecule has 0 spiro atoms. The summed E-state index contributed by atoms with van der Waals surface area (Å²) in [7, 11) is 0. The molecule has 104 valence electrons. The lowest BCUT2D eigenvalue weighted by molar-refractivity contribution is -0.255. The summed E-state index contributed by atoms with van der Waals surface area (Å²) in [5, 5.41) is 10.8. The Morgan fingerprint density at radius 3 is 2.29 bits per heavy atom. The highest BCUT2D eigenvalue weighted by molar-refractivity contribution is 6.21. The van der Waals surface area contributed by atoms with Crippen LogP contribution in [0.5, 0.6) is 0 Å². The van der Waals surface area contributed by atoms with Gasteiger partial charge in [0, 0.05) is 0 Å². The Kier molecular flexibility index (Phi) is 3.02. The van der Waals surface area contributed by atoms with Crippen LogP contribution in [0.1, 0.15) is 36.6 Å². The van der Waals surface area contributed by atoms with E-state index in [2.05, 4.69) is 0 Å². The Balaban J connectivity index is 1.95. The monoisotopic (exact) mass is 280 g/mol. The van der Waals surface area contributed by atoms with E-state index in [1.807, 2.05) is 30.3 Å². The minimum Gasteiger partial charge on any atom is -0.545 e. The van der Waals surface area contributed by atoms with Crippen LogP contribution in [0.3, 0.4) is 0 Å². The van der Waals surface area contributed by atoms with Crippen molar-refractivity contribution in [3.05, 3.63) is 70.8 Å². The third kappa shape index (κ3) is 2.18. The number of hydrogen-bond acceptors (Lipinski definition) is 4. The standard InChI is InChI=1S/C16H11NO4/c18-14-12-7-6-11(16(20)21)8-13(12)15(19)17(14)9-10-4-2-1-3-5-10/h1-8H,9H2,(H,20,21)/p-1. The van der Waals surface area contributed by atoms with Gasteiger partial charge in [0.2, 0.25) is 0 Å². The van der Waals surface area contributed by atoms with Crippen molar-refractivity contribution in [1.82, 2.24) is 4.90 Å². The molecule has 3 rings (SSSR count). The molecule has 0 atom stereocenters. The van der Waals surface area contributed by atoms with E-state index in [1.54, 1.807) is 0 Å². The minimum absolute atomic E-state index is 0.109. The normalized spacial score (nSPS) is 13.4. The average molecular weight is 280 g/mol. The van der Waals surface area contributed by atoms with Gasteiger partial charge >= 0.3 is 0 Å². The van der Waals surface area contributed by atoms with E-state index in [4.69, 9.17) is 0 Å². The number of carboxylic acid groups (broad SMARTS) is 1. The second-order valence-corrected chi connectivity index (χ2v) is 4.73. The van der Waals surface area contributed by atoms with Crippen LogP contribution < -0.4 is 5.11 Å². The zero-order valence-corrected chi connectivity index (χ0v) is 10.9. The number of aromatic carboxylic acids is 1. The molecule has 5 nitrogen and oxygen atoms in total. The summed E-state index contributed by atoms with van der Waals surface area (Å²) in [4.78, 5) is 36.5. The molecular formula is C16H10NO4-. The Labute approximate surface area is 120 Å². The number of nitrogens with zero attached hydrogens (tertiary/aromatic N) is 1. The van der Waals surface area contributed by atoms with Gasteiger partial charge in [0.25, 0.3) is 11.8 Å². The van der Waals surface area contributed by atoms with Crippen LogP contribution in [0, 0.1) is 0 Å². The summed E-state index contributed by atoms with van der Waals surface area (Å²) in [5.74, 6) is -2.27. The van der Waals surface area contributed by atoms with Gasteiger partial charge in [0.1, 0.15) is 0 Å². The molecule has 0 N–H and O–H groups in total. The smallest absolute Gasteiger partial charge is 0.261 e. The first-order valence-electron chi connectivity index (χ1n) is 6.33. The molecule has 1 heterocycles. The first-order chi connectivity index (χ1) is 10.1. The van der Waals surface area contributed by atoms with Crippen molar-refractivity contribution in [3.63, 3.8) is 0 Å². The highest BCUT2D eigenvalue weighted by Gasteiger charge is 2.35. The molecule has 0 fully saturated rings. The summed E-state index contributed by atoms with van der Waals surface area (Å²) in [6.45, 7) is 0.161. The number of fused-ring (bicyclic) bond motifs is 1. The molecule has 0 radical (unpaired) electrons. The molecule has 5 heteroatoms. The number of carbonyl (C=O) groups is 3. The topological polar surface area (TPSA) is 77.5 Å². The van der Waals surface area contributed by atoms with Gasteiger partial charge in [-0.3, -0.25) is 14.5 Å².